The van der Waals surface area contributed by atoms with E-state index in [1.165, 1.54) is 18.4 Å². The van der Waals surface area contributed by atoms with Gasteiger partial charge in [-0.25, -0.2) is 0 Å². The van der Waals surface area contributed by atoms with Gasteiger partial charge in [0.25, 0.3) is 0 Å². The zero-order valence-corrected chi connectivity index (χ0v) is 12.6. The molecule has 3 nitrogen and oxygen atoms in total. The molecule has 1 heterocycles. The number of pyridine rings is 1. The van der Waals surface area contributed by atoms with E-state index in [1.807, 2.05) is 30.5 Å². The van der Waals surface area contributed by atoms with Crippen molar-refractivity contribution in [3.8, 4) is 5.75 Å². The van der Waals surface area contributed by atoms with Gasteiger partial charge in [0, 0.05) is 18.3 Å². The molecule has 3 rings (SSSR count). The van der Waals surface area contributed by atoms with Crippen molar-refractivity contribution in [2.45, 2.75) is 37.8 Å². The molecule has 3 heteroatoms. The van der Waals surface area contributed by atoms with Crippen LogP contribution in [-0.4, -0.2) is 18.1 Å². The molecule has 1 saturated carbocycles. The molecule has 1 aliphatic carbocycles. The van der Waals surface area contributed by atoms with Crippen molar-refractivity contribution in [1.29, 1.82) is 0 Å². The highest BCUT2D eigenvalue weighted by molar-refractivity contribution is 5.31. The minimum Gasteiger partial charge on any atom is -0.497 e. The van der Waals surface area contributed by atoms with Gasteiger partial charge in [-0.3, -0.25) is 4.98 Å². The Balaban J connectivity index is 1.51. The maximum absolute atomic E-state index is 5.20. The van der Waals surface area contributed by atoms with Crippen LogP contribution in [0.25, 0.3) is 0 Å². The molecule has 1 aromatic heterocycles. The Morgan fingerprint density at radius 2 is 1.90 bits per heavy atom. The van der Waals surface area contributed by atoms with E-state index in [0.717, 1.165) is 11.4 Å². The molecule has 0 spiro atoms. The average molecular weight is 282 g/mol. The Hall–Kier alpha value is -1.87. The van der Waals surface area contributed by atoms with Crippen molar-refractivity contribution in [1.82, 2.24) is 10.3 Å². The maximum Gasteiger partial charge on any atom is 0.118 e. The number of nitrogens with zero attached hydrogens (tertiary/aromatic N) is 1. The normalized spacial score (nSPS) is 22.4. The smallest absolute Gasteiger partial charge is 0.118 e. The van der Waals surface area contributed by atoms with Gasteiger partial charge in [0.1, 0.15) is 5.75 Å². The topological polar surface area (TPSA) is 34.1 Å². The molecule has 0 amide bonds. The van der Waals surface area contributed by atoms with Crippen molar-refractivity contribution in [3.05, 3.63) is 59.9 Å². The molecule has 110 valence electrons. The number of hydrogen-bond acceptors (Lipinski definition) is 3. The van der Waals surface area contributed by atoms with Gasteiger partial charge in [0.2, 0.25) is 0 Å². The van der Waals surface area contributed by atoms with Crippen LogP contribution in [0.15, 0.2) is 48.7 Å². The summed E-state index contributed by atoms with van der Waals surface area (Å²) in [4.78, 5) is 4.41. The summed E-state index contributed by atoms with van der Waals surface area (Å²) in [5.74, 6) is 1.60. The largest absolute Gasteiger partial charge is 0.497 e. The van der Waals surface area contributed by atoms with E-state index in [9.17, 15) is 0 Å². The summed E-state index contributed by atoms with van der Waals surface area (Å²) in [5.41, 5.74) is 2.53. The molecule has 1 N–H and O–H groups in total. The van der Waals surface area contributed by atoms with Crippen LogP contribution in [0.5, 0.6) is 5.75 Å². The molecular formula is C18H22N2O. The molecular weight excluding hydrogens is 260 g/mol. The summed E-state index contributed by atoms with van der Waals surface area (Å²) >= 11 is 0. The number of hydrogen-bond donors (Lipinski definition) is 1. The average Bonchev–Trinajstić information content (AvgIpc) is 2.51. The van der Waals surface area contributed by atoms with Crippen molar-refractivity contribution >= 4 is 0 Å². The number of nitrogens with one attached hydrogen (secondary N) is 1. The summed E-state index contributed by atoms with van der Waals surface area (Å²) in [6.07, 6.45) is 4.25. The van der Waals surface area contributed by atoms with E-state index in [2.05, 4.69) is 35.4 Å². The second kappa shape index (κ2) is 6.27. The van der Waals surface area contributed by atoms with Gasteiger partial charge in [-0.1, -0.05) is 18.2 Å². The molecule has 0 unspecified atom stereocenters. The highest BCUT2D eigenvalue weighted by Gasteiger charge is 2.31. The van der Waals surface area contributed by atoms with Crippen LogP contribution in [0.3, 0.4) is 0 Å². The van der Waals surface area contributed by atoms with Crippen molar-refractivity contribution in [2.24, 2.45) is 0 Å². The minimum absolute atomic E-state index is 0.313. The first-order chi connectivity index (χ1) is 10.3. The van der Waals surface area contributed by atoms with Crippen LogP contribution in [0.4, 0.5) is 0 Å². The second-order valence-electron chi connectivity index (χ2n) is 5.78. The van der Waals surface area contributed by atoms with Crippen molar-refractivity contribution < 1.29 is 4.74 Å². The molecule has 0 aliphatic heterocycles. The first kappa shape index (κ1) is 14.1. The number of rotatable bonds is 5. The standard InChI is InChI=1S/C18H22N2O/c1-13(18-5-3-4-10-19-18)20-16-11-15(12-16)14-6-8-17(21-2)9-7-14/h3-10,13,15-16,20H,11-12H2,1-2H3/t13-,15?,16?/m1/s1. The van der Waals surface area contributed by atoms with E-state index in [-0.39, 0.29) is 0 Å². The van der Waals surface area contributed by atoms with Gasteiger partial charge in [0.15, 0.2) is 0 Å². The third-order valence-corrected chi connectivity index (χ3v) is 4.34. The fourth-order valence-electron chi connectivity index (χ4n) is 2.97. The van der Waals surface area contributed by atoms with E-state index in [0.29, 0.717) is 18.0 Å². The summed E-state index contributed by atoms with van der Waals surface area (Å²) in [6.45, 7) is 2.18. The van der Waals surface area contributed by atoms with Crippen LogP contribution in [0, 0.1) is 0 Å². The van der Waals surface area contributed by atoms with E-state index in [4.69, 9.17) is 4.74 Å². The maximum atomic E-state index is 5.20. The summed E-state index contributed by atoms with van der Waals surface area (Å²) in [5, 5.41) is 3.67. The lowest BCUT2D eigenvalue weighted by atomic mass is 9.75. The zero-order chi connectivity index (χ0) is 14.7. The van der Waals surface area contributed by atoms with E-state index >= 15 is 0 Å². The number of ether oxygens (including phenoxy) is 1. The van der Waals surface area contributed by atoms with Gasteiger partial charge < -0.3 is 10.1 Å². The molecule has 1 aliphatic rings. The van der Waals surface area contributed by atoms with E-state index in [1.54, 1.807) is 7.11 Å². The van der Waals surface area contributed by atoms with Crippen molar-refractivity contribution in [2.75, 3.05) is 7.11 Å². The molecule has 0 saturated heterocycles. The van der Waals surface area contributed by atoms with Crippen molar-refractivity contribution in [3.63, 3.8) is 0 Å². The molecule has 0 bridgehead atoms. The number of methoxy groups -OCH3 is 1. The Labute approximate surface area is 126 Å². The Bertz CT molecular complexity index is 562. The van der Waals surface area contributed by atoms with Gasteiger partial charge in [-0.2, -0.15) is 0 Å². The highest BCUT2D eigenvalue weighted by Crippen LogP contribution is 2.38. The Kier molecular flexibility index (Phi) is 4.20. The number of aromatic nitrogens is 1. The first-order valence-corrected chi connectivity index (χ1v) is 7.57. The lowest BCUT2D eigenvalue weighted by molar-refractivity contribution is 0.269. The predicted molar refractivity (Wildman–Crippen MR) is 84.5 cm³/mol. The fourth-order valence-corrected chi connectivity index (χ4v) is 2.97. The lowest BCUT2D eigenvalue weighted by Crippen LogP contribution is -2.41. The number of benzene rings is 1. The molecule has 1 aromatic carbocycles. The predicted octanol–water partition coefficient (Wildman–Crippen LogP) is 3.69. The van der Waals surface area contributed by atoms with E-state index < -0.39 is 0 Å². The van der Waals surface area contributed by atoms with Crippen LogP contribution < -0.4 is 10.1 Å². The molecule has 1 fully saturated rings. The van der Waals surface area contributed by atoms with Crippen LogP contribution in [0.2, 0.25) is 0 Å². The van der Waals surface area contributed by atoms with Crippen LogP contribution in [0.1, 0.15) is 43.0 Å². The molecule has 0 radical (unpaired) electrons. The lowest BCUT2D eigenvalue weighted by Gasteiger charge is -2.38. The minimum atomic E-state index is 0.313. The monoisotopic (exact) mass is 282 g/mol. The first-order valence-electron chi connectivity index (χ1n) is 7.57. The van der Waals surface area contributed by atoms with Gasteiger partial charge in [-0.05, 0) is 55.5 Å². The third-order valence-electron chi connectivity index (χ3n) is 4.34. The summed E-state index contributed by atoms with van der Waals surface area (Å²) in [6, 6.07) is 15.4. The van der Waals surface area contributed by atoms with Gasteiger partial charge >= 0.3 is 0 Å². The Morgan fingerprint density at radius 1 is 1.14 bits per heavy atom. The van der Waals surface area contributed by atoms with Gasteiger partial charge in [-0.15, -0.1) is 0 Å². The van der Waals surface area contributed by atoms with Crippen LogP contribution in [-0.2, 0) is 0 Å². The summed E-state index contributed by atoms with van der Waals surface area (Å²) in [7, 11) is 1.71. The quantitative estimate of drug-likeness (QED) is 0.908. The zero-order valence-electron chi connectivity index (χ0n) is 12.6. The fraction of sp³-hybridized carbons (Fsp3) is 0.389. The molecule has 21 heavy (non-hydrogen) atoms. The molecule has 2 aromatic rings. The third kappa shape index (κ3) is 3.24. The Morgan fingerprint density at radius 3 is 2.52 bits per heavy atom. The SMILES string of the molecule is COc1ccc(C2CC(N[C@H](C)c3ccccn3)C2)cc1. The summed E-state index contributed by atoms with van der Waals surface area (Å²) < 4.78 is 5.20. The molecule has 1 atom stereocenters. The second-order valence-corrected chi connectivity index (χ2v) is 5.78. The highest BCUT2D eigenvalue weighted by atomic mass is 16.5. The van der Waals surface area contributed by atoms with Crippen LogP contribution >= 0.6 is 0 Å². The van der Waals surface area contributed by atoms with Gasteiger partial charge in [0.05, 0.1) is 12.8 Å².